The molecule has 5 nitrogen and oxygen atoms in total. The van der Waals surface area contributed by atoms with Gasteiger partial charge in [0.25, 0.3) is 0 Å². The van der Waals surface area contributed by atoms with E-state index < -0.39 is 5.97 Å². The van der Waals surface area contributed by atoms with E-state index in [9.17, 15) is 4.79 Å². The molecule has 0 fully saturated rings. The molecule has 0 saturated heterocycles. The number of nitrogens with zero attached hydrogens (tertiary/aromatic N) is 2. The second-order valence-corrected chi connectivity index (χ2v) is 6.28. The minimum Gasteiger partial charge on any atom is -0.478 e. The minimum atomic E-state index is -0.983. The number of carboxylic acid groups (broad SMARTS) is 1. The van der Waals surface area contributed by atoms with Gasteiger partial charge in [-0.25, -0.2) is 14.8 Å². The predicted octanol–water partition coefficient (Wildman–Crippen LogP) is 3.36. The first-order chi connectivity index (χ1) is 9.38. The summed E-state index contributed by atoms with van der Waals surface area (Å²) in [5, 5.41) is 9.55. The average molecular weight is 292 g/mol. The Labute approximate surface area is 121 Å². The topological polar surface area (TPSA) is 76.2 Å². The summed E-state index contributed by atoms with van der Waals surface area (Å²) in [6, 6.07) is 3.14. The first-order valence-corrected chi connectivity index (χ1v) is 7.13. The molecular formula is C14H16N2O3S. The molecule has 20 heavy (non-hydrogen) atoms. The van der Waals surface area contributed by atoms with Gasteiger partial charge in [0.15, 0.2) is 0 Å². The maximum absolute atomic E-state index is 11.1. The molecule has 0 saturated carbocycles. The Morgan fingerprint density at radius 3 is 2.75 bits per heavy atom. The Hall–Kier alpha value is -1.82. The van der Waals surface area contributed by atoms with Crippen molar-refractivity contribution in [3.8, 4) is 0 Å². The lowest BCUT2D eigenvalue weighted by molar-refractivity contribution is 0.0692. The van der Waals surface area contributed by atoms with Crippen LogP contribution in [0.4, 0.5) is 0 Å². The zero-order valence-electron chi connectivity index (χ0n) is 11.6. The molecule has 2 aromatic heterocycles. The Bertz CT molecular complexity index is 617. The molecule has 0 bridgehead atoms. The fourth-order valence-electron chi connectivity index (χ4n) is 1.52. The lowest BCUT2D eigenvalue weighted by Gasteiger charge is -2.13. The van der Waals surface area contributed by atoms with Crippen molar-refractivity contribution >= 4 is 17.7 Å². The van der Waals surface area contributed by atoms with Gasteiger partial charge in [-0.2, -0.15) is 0 Å². The molecule has 0 unspecified atom stereocenters. The molecule has 106 valence electrons. The summed E-state index contributed by atoms with van der Waals surface area (Å²) >= 11 is 1.30. The summed E-state index contributed by atoms with van der Waals surface area (Å²) in [5.41, 5.74) is 0.104. The van der Waals surface area contributed by atoms with Crippen molar-refractivity contribution in [2.45, 2.75) is 37.0 Å². The van der Waals surface area contributed by atoms with Crippen LogP contribution < -0.4 is 0 Å². The van der Waals surface area contributed by atoms with Crippen LogP contribution in [0.2, 0.25) is 0 Å². The normalized spacial score (nSPS) is 11.6. The number of hydrogen-bond acceptors (Lipinski definition) is 5. The molecule has 0 radical (unpaired) electrons. The third-order valence-corrected chi connectivity index (χ3v) is 3.62. The summed E-state index contributed by atoms with van der Waals surface area (Å²) in [6.07, 6.45) is 3.29. The highest BCUT2D eigenvalue weighted by Crippen LogP contribution is 2.27. The van der Waals surface area contributed by atoms with Crippen molar-refractivity contribution < 1.29 is 14.3 Å². The molecule has 0 aliphatic heterocycles. The third-order valence-electron chi connectivity index (χ3n) is 2.63. The summed E-state index contributed by atoms with van der Waals surface area (Å²) in [7, 11) is 0. The number of rotatable bonds is 4. The Balaban J connectivity index is 2.10. The molecule has 0 aromatic carbocycles. The Morgan fingerprint density at radius 2 is 2.15 bits per heavy atom. The Morgan fingerprint density at radius 1 is 1.40 bits per heavy atom. The molecule has 1 N–H and O–H groups in total. The lowest BCUT2D eigenvalue weighted by Crippen LogP contribution is -2.09. The number of aromatic nitrogens is 2. The molecule has 2 aromatic rings. The van der Waals surface area contributed by atoms with Crippen molar-refractivity contribution in [1.29, 1.82) is 0 Å². The van der Waals surface area contributed by atoms with E-state index in [1.54, 1.807) is 18.5 Å². The number of pyridine rings is 1. The van der Waals surface area contributed by atoms with E-state index in [1.807, 2.05) is 20.8 Å². The molecule has 2 rings (SSSR count). The van der Waals surface area contributed by atoms with Crippen molar-refractivity contribution in [2.75, 3.05) is 0 Å². The van der Waals surface area contributed by atoms with Gasteiger partial charge in [0.2, 0.25) is 5.89 Å². The molecule has 0 spiro atoms. The van der Waals surface area contributed by atoms with Gasteiger partial charge in [0.05, 0.1) is 17.5 Å². The second-order valence-electron chi connectivity index (χ2n) is 5.32. The maximum atomic E-state index is 11.1. The smallest absolute Gasteiger partial charge is 0.338 e. The van der Waals surface area contributed by atoms with E-state index in [-0.39, 0.29) is 11.0 Å². The fourth-order valence-corrected chi connectivity index (χ4v) is 2.36. The van der Waals surface area contributed by atoms with E-state index in [4.69, 9.17) is 9.52 Å². The average Bonchev–Trinajstić information content (AvgIpc) is 2.85. The number of hydrogen-bond donors (Lipinski definition) is 1. The van der Waals surface area contributed by atoms with E-state index in [0.717, 1.165) is 5.76 Å². The lowest BCUT2D eigenvalue weighted by atomic mass is 9.94. The molecule has 0 atom stereocenters. The first-order valence-electron chi connectivity index (χ1n) is 6.14. The SMILES string of the molecule is CC(C)(C)c1cnc(CSc2ncccc2C(=O)O)o1. The largest absolute Gasteiger partial charge is 0.478 e. The summed E-state index contributed by atoms with van der Waals surface area (Å²) in [6.45, 7) is 6.14. The van der Waals surface area contributed by atoms with Crippen LogP contribution in [0.15, 0.2) is 34.0 Å². The highest BCUT2D eigenvalue weighted by atomic mass is 32.2. The van der Waals surface area contributed by atoms with Gasteiger partial charge in [-0.1, -0.05) is 32.5 Å². The Kier molecular flexibility index (Phi) is 4.13. The molecule has 6 heteroatoms. The number of oxazole rings is 1. The van der Waals surface area contributed by atoms with Crippen LogP contribution in [-0.4, -0.2) is 21.0 Å². The second kappa shape index (κ2) is 5.66. The first kappa shape index (κ1) is 14.6. The number of carbonyl (C=O) groups is 1. The predicted molar refractivity (Wildman–Crippen MR) is 76.0 cm³/mol. The molecule has 0 aliphatic rings. The highest BCUT2D eigenvalue weighted by molar-refractivity contribution is 7.98. The van der Waals surface area contributed by atoms with Gasteiger partial charge >= 0.3 is 5.97 Å². The zero-order valence-corrected chi connectivity index (χ0v) is 12.4. The molecule has 0 amide bonds. The van der Waals surface area contributed by atoms with Gasteiger partial charge in [-0.3, -0.25) is 0 Å². The van der Waals surface area contributed by atoms with E-state index in [1.165, 1.54) is 17.8 Å². The maximum Gasteiger partial charge on any atom is 0.338 e. The number of carboxylic acids is 1. The van der Waals surface area contributed by atoms with Crippen LogP contribution in [0.25, 0.3) is 0 Å². The van der Waals surface area contributed by atoms with Crippen LogP contribution in [0.3, 0.4) is 0 Å². The molecule has 2 heterocycles. The quantitative estimate of drug-likeness (QED) is 0.871. The van der Waals surface area contributed by atoms with Crippen LogP contribution >= 0.6 is 11.8 Å². The number of aromatic carboxylic acids is 1. The number of thioether (sulfide) groups is 1. The summed E-state index contributed by atoms with van der Waals surface area (Å²) < 4.78 is 5.66. The highest BCUT2D eigenvalue weighted by Gasteiger charge is 2.19. The molecule has 0 aliphatic carbocycles. The van der Waals surface area contributed by atoms with Crippen molar-refractivity contribution in [3.05, 3.63) is 41.7 Å². The fraction of sp³-hybridized carbons (Fsp3) is 0.357. The standard InChI is InChI=1S/C14H16N2O3S/c1-14(2,3)10-7-16-11(19-10)8-20-12-9(13(17)18)5-4-6-15-12/h4-7H,8H2,1-3H3,(H,17,18). The van der Waals surface area contributed by atoms with Gasteiger partial charge < -0.3 is 9.52 Å². The third kappa shape index (κ3) is 3.39. The van der Waals surface area contributed by atoms with Gasteiger partial charge in [-0.15, -0.1) is 0 Å². The van der Waals surface area contributed by atoms with Crippen molar-refractivity contribution in [2.24, 2.45) is 0 Å². The van der Waals surface area contributed by atoms with Crippen LogP contribution in [-0.2, 0) is 11.2 Å². The van der Waals surface area contributed by atoms with Gasteiger partial charge in [0.1, 0.15) is 10.8 Å². The van der Waals surface area contributed by atoms with E-state index >= 15 is 0 Å². The zero-order chi connectivity index (χ0) is 14.8. The van der Waals surface area contributed by atoms with Gasteiger partial charge in [0, 0.05) is 11.6 Å². The van der Waals surface area contributed by atoms with Crippen molar-refractivity contribution in [1.82, 2.24) is 9.97 Å². The summed E-state index contributed by atoms with van der Waals surface area (Å²) in [5.74, 6) is 0.853. The van der Waals surface area contributed by atoms with Gasteiger partial charge in [-0.05, 0) is 12.1 Å². The van der Waals surface area contributed by atoms with Crippen LogP contribution in [0, 0.1) is 0 Å². The van der Waals surface area contributed by atoms with Crippen LogP contribution in [0.1, 0.15) is 42.8 Å². The monoisotopic (exact) mass is 292 g/mol. The van der Waals surface area contributed by atoms with E-state index in [0.29, 0.717) is 16.7 Å². The van der Waals surface area contributed by atoms with Crippen LogP contribution in [0.5, 0.6) is 0 Å². The molecular weight excluding hydrogens is 276 g/mol. The van der Waals surface area contributed by atoms with E-state index in [2.05, 4.69) is 9.97 Å². The summed E-state index contributed by atoms with van der Waals surface area (Å²) in [4.78, 5) is 19.4. The minimum absolute atomic E-state index is 0.0901. The van der Waals surface area contributed by atoms with Crippen molar-refractivity contribution in [3.63, 3.8) is 0 Å².